The van der Waals surface area contributed by atoms with Crippen molar-refractivity contribution in [3.8, 4) is 11.5 Å². The van der Waals surface area contributed by atoms with Gasteiger partial charge in [-0.05, 0) is 67.6 Å². The van der Waals surface area contributed by atoms with E-state index in [1.54, 1.807) is 84.9 Å². The van der Waals surface area contributed by atoms with Gasteiger partial charge in [0.05, 0.1) is 11.8 Å². The van der Waals surface area contributed by atoms with Gasteiger partial charge in [0, 0.05) is 33.9 Å². The third-order valence-corrected chi connectivity index (χ3v) is 6.39. The first-order chi connectivity index (χ1) is 21.5. The topological polar surface area (TPSA) is 123 Å². The fraction of sp³-hybridized carbons (Fsp3) is 0.139. The molecule has 0 aromatic heterocycles. The Bertz CT molecular complexity index is 1750. The van der Waals surface area contributed by atoms with Gasteiger partial charge >= 0.3 is 11.9 Å². The average Bonchev–Trinajstić information content (AvgIpc) is 3.01. The average molecular weight is 604 g/mol. The molecule has 0 bridgehead atoms. The zero-order valence-electron chi connectivity index (χ0n) is 25.4. The molecule has 2 amide bonds. The van der Waals surface area contributed by atoms with Crippen LogP contribution in [0.5, 0.6) is 11.5 Å². The highest BCUT2D eigenvalue weighted by atomic mass is 16.5. The second-order valence-electron chi connectivity index (χ2n) is 11.1. The molecule has 2 N–H and O–H groups in total. The lowest BCUT2D eigenvalue weighted by atomic mass is 9.95. The molecule has 45 heavy (non-hydrogen) atoms. The molecule has 4 rings (SSSR count). The van der Waals surface area contributed by atoms with Crippen LogP contribution < -0.4 is 20.2 Å². The Morgan fingerprint density at radius 2 is 1.29 bits per heavy atom. The Labute approximate surface area is 261 Å². The summed E-state index contributed by atoms with van der Waals surface area (Å²) in [6.07, 6.45) is 4.08. The van der Waals surface area contributed by atoms with Crippen LogP contribution in [-0.4, -0.2) is 30.0 Å². The number of carbonyl (C=O) groups excluding carboxylic acids is 4. The number of hydrogen-bond donors (Lipinski definition) is 2. The van der Waals surface area contributed by atoms with Gasteiger partial charge in [0.1, 0.15) is 11.5 Å². The molecule has 0 radical (unpaired) electrons. The van der Waals surface area contributed by atoms with Crippen molar-refractivity contribution in [1.82, 2.24) is 5.43 Å². The molecule has 228 valence electrons. The maximum absolute atomic E-state index is 12.7. The standard InChI is InChI=1S/C36H33N3O6/c1-24-13-15-27(16-14-24)34(42)45-30-11-7-5-9-25(30)19-22-32(40)44-31-12-8-6-10-28(31)23-37-39-33(41)26-17-20-29(21-18-26)38-35(43)36(2,3)4/h5-23H,1-4H3,(H,38,43)(H,39,41)/b22-19+,37-23+. The van der Waals surface area contributed by atoms with E-state index >= 15 is 0 Å². The van der Waals surface area contributed by atoms with Crippen molar-refractivity contribution < 1.29 is 28.7 Å². The van der Waals surface area contributed by atoms with Crippen molar-refractivity contribution in [2.24, 2.45) is 10.5 Å². The van der Waals surface area contributed by atoms with Crippen molar-refractivity contribution >= 4 is 41.7 Å². The predicted octanol–water partition coefficient (Wildman–Crippen LogP) is 6.58. The number of rotatable bonds is 9. The van der Waals surface area contributed by atoms with Crippen LogP contribution in [0.4, 0.5) is 5.69 Å². The van der Waals surface area contributed by atoms with Gasteiger partial charge in [0.25, 0.3) is 5.91 Å². The molecule has 0 aliphatic carbocycles. The third kappa shape index (κ3) is 9.33. The summed E-state index contributed by atoms with van der Waals surface area (Å²) in [6.45, 7) is 7.36. The monoisotopic (exact) mass is 603 g/mol. The van der Waals surface area contributed by atoms with Crippen LogP contribution in [0.3, 0.4) is 0 Å². The Hall–Kier alpha value is -5.83. The molecule has 0 spiro atoms. The van der Waals surface area contributed by atoms with Gasteiger partial charge in [-0.2, -0.15) is 5.10 Å². The smallest absolute Gasteiger partial charge is 0.343 e. The van der Waals surface area contributed by atoms with E-state index in [-0.39, 0.29) is 11.7 Å². The van der Waals surface area contributed by atoms with Gasteiger partial charge in [0.15, 0.2) is 0 Å². The Kier molecular flexibility index (Phi) is 10.4. The van der Waals surface area contributed by atoms with Crippen molar-refractivity contribution in [2.45, 2.75) is 27.7 Å². The number of para-hydroxylation sites is 2. The van der Waals surface area contributed by atoms with Gasteiger partial charge < -0.3 is 14.8 Å². The SMILES string of the molecule is Cc1ccc(C(=O)Oc2ccccc2/C=C/C(=O)Oc2ccccc2/C=N/NC(=O)c2ccc(NC(=O)C(C)(C)C)cc2)cc1. The predicted molar refractivity (Wildman–Crippen MR) is 173 cm³/mol. The third-order valence-electron chi connectivity index (χ3n) is 6.39. The molecule has 9 nitrogen and oxygen atoms in total. The summed E-state index contributed by atoms with van der Waals surface area (Å²) in [5, 5.41) is 6.80. The number of nitrogens with one attached hydrogen (secondary N) is 2. The summed E-state index contributed by atoms with van der Waals surface area (Å²) in [4.78, 5) is 50.0. The van der Waals surface area contributed by atoms with Crippen LogP contribution in [0, 0.1) is 12.3 Å². The molecule has 0 saturated heterocycles. The van der Waals surface area contributed by atoms with Crippen LogP contribution in [0.15, 0.2) is 108 Å². The van der Waals surface area contributed by atoms with Gasteiger partial charge in [-0.3, -0.25) is 9.59 Å². The molecule has 0 aliphatic rings. The van der Waals surface area contributed by atoms with Crippen molar-refractivity contribution in [3.63, 3.8) is 0 Å². The highest BCUT2D eigenvalue weighted by Gasteiger charge is 2.21. The number of amides is 2. The first-order valence-electron chi connectivity index (χ1n) is 14.1. The normalized spacial score (nSPS) is 11.3. The van der Waals surface area contributed by atoms with Gasteiger partial charge in [-0.25, -0.2) is 15.0 Å². The molecule has 0 fully saturated rings. The van der Waals surface area contributed by atoms with E-state index in [0.29, 0.717) is 33.7 Å². The van der Waals surface area contributed by atoms with E-state index in [2.05, 4.69) is 15.8 Å². The van der Waals surface area contributed by atoms with Crippen LogP contribution in [0.25, 0.3) is 6.08 Å². The number of nitrogens with zero attached hydrogens (tertiary/aromatic N) is 1. The minimum atomic E-state index is -0.668. The van der Waals surface area contributed by atoms with Gasteiger partial charge in [0.2, 0.25) is 5.91 Å². The highest BCUT2D eigenvalue weighted by molar-refractivity contribution is 5.98. The first-order valence-corrected chi connectivity index (χ1v) is 14.1. The number of ether oxygens (including phenoxy) is 2. The summed E-state index contributed by atoms with van der Waals surface area (Å²) >= 11 is 0. The minimum Gasteiger partial charge on any atom is -0.423 e. The first kappa shape index (κ1) is 32.1. The summed E-state index contributed by atoms with van der Waals surface area (Å²) in [5.41, 5.74) is 5.21. The second-order valence-corrected chi connectivity index (χ2v) is 11.1. The maximum Gasteiger partial charge on any atom is 0.343 e. The minimum absolute atomic E-state index is 0.136. The number of aryl methyl sites for hydroxylation is 1. The lowest BCUT2D eigenvalue weighted by molar-refractivity contribution is -0.129. The van der Waals surface area contributed by atoms with Crippen LogP contribution in [0.2, 0.25) is 0 Å². The quantitative estimate of drug-likeness (QED) is 0.0732. The van der Waals surface area contributed by atoms with Gasteiger partial charge in [-0.1, -0.05) is 68.8 Å². The van der Waals surface area contributed by atoms with E-state index < -0.39 is 23.3 Å². The van der Waals surface area contributed by atoms with Crippen molar-refractivity contribution in [2.75, 3.05) is 5.32 Å². The number of benzene rings is 4. The van der Waals surface area contributed by atoms with Gasteiger partial charge in [-0.15, -0.1) is 0 Å². The molecular weight excluding hydrogens is 570 g/mol. The highest BCUT2D eigenvalue weighted by Crippen LogP contribution is 2.22. The van der Waals surface area contributed by atoms with Crippen LogP contribution >= 0.6 is 0 Å². The second kappa shape index (κ2) is 14.6. The Balaban J connectivity index is 1.36. The van der Waals surface area contributed by atoms with E-state index in [4.69, 9.17) is 9.47 Å². The number of anilines is 1. The zero-order valence-corrected chi connectivity index (χ0v) is 25.4. The summed E-state index contributed by atoms with van der Waals surface area (Å²) in [7, 11) is 0. The maximum atomic E-state index is 12.7. The number of hydrogen-bond acceptors (Lipinski definition) is 7. The van der Waals surface area contributed by atoms with E-state index in [0.717, 1.165) is 5.56 Å². The van der Waals surface area contributed by atoms with E-state index in [1.807, 2.05) is 39.8 Å². The fourth-order valence-electron chi connectivity index (χ4n) is 3.79. The molecule has 9 heteroatoms. The lowest BCUT2D eigenvalue weighted by Crippen LogP contribution is -2.27. The van der Waals surface area contributed by atoms with E-state index in [9.17, 15) is 19.2 Å². The van der Waals surface area contributed by atoms with Crippen molar-refractivity contribution in [3.05, 3.63) is 131 Å². The van der Waals surface area contributed by atoms with Crippen molar-refractivity contribution in [1.29, 1.82) is 0 Å². The molecule has 0 aliphatic heterocycles. The molecule has 4 aromatic rings. The number of hydrazone groups is 1. The molecule has 0 unspecified atom stereocenters. The number of esters is 2. The van der Waals surface area contributed by atoms with Crippen LogP contribution in [-0.2, 0) is 9.59 Å². The molecule has 0 saturated carbocycles. The summed E-state index contributed by atoms with van der Waals surface area (Å²) in [6, 6.07) is 27.0. The van der Waals surface area contributed by atoms with E-state index in [1.165, 1.54) is 18.4 Å². The van der Waals surface area contributed by atoms with Crippen LogP contribution in [0.1, 0.15) is 58.2 Å². The fourth-order valence-corrected chi connectivity index (χ4v) is 3.79. The Morgan fingerprint density at radius 3 is 1.93 bits per heavy atom. The lowest BCUT2D eigenvalue weighted by Gasteiger charge is -2.17. The molecule has 0 atom stereocenters. The Morgan fingerprint density at radius 1 is 0.711 bits per heavy atom. The number of carbonyl (C=O) groups is 4. The summed E-state index contributed by atoms with van der Waals surface area (Å²) < 4.78 is 11.1. The summed E-state index contributed by atoms with van der Waals surface area (Å²) in [5.74, 6) is -1.26. The molecule has 4 aromatic carbocycles. The molecule has 0 heterocycles. The molecular formula is C36H33N3O6. The largest absolute Gasteiger partial charge is 0.423 e. The zero-order chi connectivity index (χ0) is 32.4.